The van der Waals surface area contributed by atoms with Crippen LogP contribution in [0.3, 0.4) is 0 Å². The topological polar surface area (TPSA) is 132 Å². The summed E-state index contributed by atoms with van der Waals surface area (Å²) >= 11 is 1.65. The predicted molar refractivity (Wildman–Crippen MR) is 146 cm³/mol. The molecule has 0 unspecified atom stereocenters. The third-order valence-corrected chi connectivity index (χ3v) is 7.84. The smallest absolute Gasteiger partial charge is 0.254 e. The standard InChI is InChI=1S/C26H33N7O3S/c1-26(2,35)25(34)33-8-6-31(7-9-33)16-17-14-19-23(32-10-12-36-13-11-32)29-22(30-24(19)37-17)18-4-3-5-21(28)20(18)15-27/h3-5,14-15,27,35H,6-13,16,28H2,1-2H3. The predicted octanol–water partition coefficient (Wildman–Crippen LogP) is 2.19. The lowest BCUT2D eigenvalue weighted by atomic mass is 10.1. The zero-order valence-electron chi connectivity index (χ0n) is 21.2. The summed E-state index contributed by atoms with van der Waals surface area (Å²) in [7, 11) is 0. The monoisotopic (exact) mass is 523 g/mol. The summed E-state index contributed by atoms with van der Waals surface area (Å²) in [6, 6.07) is 7.73. The Morgan fingerprint density at radius 1 is 1.19 bits per heavy atom. The SMILES string of the molecule is CC(C)(O)C(=O)N1CCN(Cc2cc3c(N4CCOCC4)nc(-c4cccc(N)c4C=N)nc3s2)CC1. The molecule has 2 saturated heterocycles. The number of rotatable bonds is 6. The lowest BCUT2D eigenvalue weighted by molar-refractivity contribution is -0.149. The van der Waals surface area contributed by atoms with Gasteiger partial charge in [-0.25, -0.2) is 9.97 Å². The van der Waals surface area contributed by atoms with E-state index >= 15 is 0 Å². The number of amides is 1. The van der Waals surface area contributed by atoms with Crippen LogP contribution in [0, 0.1) is 5.41 Å². The molecule has 2 aliphatic heterocycles. The number of aromatic nitrogens is 2. The molecule has 2 aromatic heterocycles. The molecule has 0 radical (unpaired) electrons. The maximum absolute atomic E-state index is 12.4. The molecule has 3 aromatic rings. The first-order valence-corrected chi connectivity index (χ1v) is 13.3. The average molecular weight is 524 g/mol. The van der Waals surface area contributed by atoms with Crippen LogP contribution >= 0.6 is 11.3 Å². The van der Waals surface area contributed by atoms with Crippen molar-refractivity contribution >= 4 is 45.2 Å². The van der Waals surface area contributed by atoms with Gasteiger partial charge in [0.25, 0.3) is 5.91 Å². The third kappa shape index (κ3) is 5.30. The molecule has 37 heavy (non-hydrogen) atoms. The first kappa shape index (κ1) is 25.5. The Morgan fingerprint density at radius 3 is 2.59 bits per heavy atom. The molecule has 1 amide bonds. The Kier molecular flexibility index (Phi) is 7.13. The van der Waals surface area contributed by atoms with Gasteiger partial charge in [-0.1, -0.05) is 12.1 Å². The number of fused-ring (bicyclic) bond motifs is 1. The minimum absolute atomic E-state index is 0.224. The molecule has 0 bridgehead atoms. The van der Waals surface area contributed by atoms with E-state index in [4.69, 9.17) is 25.8 Å². The highest BCUT2D eigenvalue weighted by atomic mass is 32.1. The van der Waals surface area contributed by atoms with E-state index in [0.717, 1.165) is 54.3 Å². The minimum Gasteiger partial charge on any atom is -0.398 e. The number of carbonyl (C=O) groups excluding carboxylic acids is 1. The second-order valence-electron chi connectivity index (χ2n) is 9.98. The van der Waals surface area contributed by atoms with Gasteiger partial charge in [0.15, 0.2) is 5.82 Å². The summed E-state index contributed by atoms with van der Waals surface area (Å²) in [6.07, 6.45) is 1.26. The van der Waals surface area contributed by atoms with Crippen molar-refractivity contribution in [2.75, 3.05) is 63.1 Å². The fourth-order valence-electron chi connectivity index (χ4n) is 4.83. The summed E-state index contributed by atoms with van der Waals surface area (Å²) in [6.45, 7) is 9.31. The zero-order valence-corrected chi connectivity index (χ0v) is 22.1. The highest BCUT2D eigenvalue weighted by Crippen LogP contribution is 2.35. The van der Waals surface area contributed by atoms with Crippen molar-refractivity contribution in [2.24, 2.45) is 0 Å². The van der Waals surface area contributed by atoms with Crippen LogP contribution in [-0.2, 0) is 16.1 Å². The van der Waals surface area contributed by atoms with Crippen molar-refractivity contribution < 1.29 is 14.6 Å². The van der Waals surface area contributed by atoms with Crippen molar-refractivity contribution in [3.63, 3.8) is 0 Å². The van der Waals surface area contributed by atoms with Gasteiger partial charge in [-0.3, -0.25) is 9.69 Å². The molecule has 196 valence electrons. The van der Waals surface area contributed by atoms with E-state index in [1.807, 2.05) is 12.1 Å². The summed E-state index contributed by atoms with van der Waals surface area (Å²) in [5, 5.41) is 19.0. The molecule has 4 heterocycles. The molecule has 10 nitrogen and oxygen atoms in total. The van der Waals surface area contributed by atoms with E-state index in [9.17, 15) is 9.90 Å². The van der Waals surface area contributed by atoms with Crippen LogP contribution in [0.25, 0.3) is 21.6 Å². The Balaban J connectivity index is 1.44. The molecule has 0 atom stereocenters. The second-order valence-corrected chi connectivity index (χ2v) is 11.1. The Bertz CT molecular complexity index is 1310. The van der Waals surface area contributed by atoms with Gasteiger partial charge in [0.05, 0.1) is 18.6 Å². The van der Waals surface area contributed by atoms with Gasteiger partial charge in [-0.05, 0) is 26.0 Å². The number of aliphatic hydroxyl groups is 1. The molecule has 2 fully saturated rings. The number of carbonyl (C=O) groups is 1. The second kappa shape index (κ2) is 10.3. The number of ether oxygens (including phenoxy) is 1. The van der Waals surface area contributed by atoms with Gasteiger partial charge in [0.1, 0.15) is 16.2 Å². The average Bonchev–Trinajstić information content (AvgIpc) is 3.30. The van der Waals surface area contributed by atoms with Gasteiger partial charge >= 0.3 is 0 Å². The van der Waals surface area contributed by atoms with Crippen LogP contribution in [0.4, 0.5) is 11.5 Å². The van der Waals surface area contributed by atoms with Crippen molar-refractivity contribution in [1.82, 2.24) is 19.8 Å². The van der Waals surface area contributed by atoms with E-state index in [1.165, 1.54) is 24.9 Å². The summed E-state index contributed by atoms with van der Waals surface area (Å²) in [4.78, 5) is 30.7. The summed E-state index contributed by atoms with van der Waals surface area (Å²) < 4.78 is 5.57. The van der Waals surface area contributed by atoms with Crippen molar-refractivity contribution in [2.45, 2.75) is 26.0 Å². The number of thiophene rings is 1. The number of benzene rings is 1. The quantitative estimate of drug-likeness (QED) is 0.331. The fourth-order valence-corrected chi connectivity index (χ4v) is 5.89. The number of nitrogens with zero attached hydrogens (tertiary/aromatic N) is 5. The first-order chi connectivity index (χ1) is 17.7. The van der Waals surface area contributed by atoms with Crippen LogP contribution in [-0.4, -0.2) is 95.1 Å². The number of hydrogen-bond acceptors (Lipinski definition) is 10. The highest BCUT2D eigenvalue weighted by molar-refractivity contribution is 7.18. The molecule has 11 heteroatoms. The summed E-state index contributed by atoms with van der Waals surface area (Å²) in [5.41, 5.74) is 6.69. The van der Waals surface area contributed by atoms with Crippen molar-refractivity contribution in [3.8, 4) is 11.4 Å². The van der Waals surface area contributed by atoms with E-state index in [2.05, 4.69) is 15.9 Å². The Hall–Kier alpha value is -3.12. The molecular weight excluding hydrogens is 490 g/mol. The minimum atomic E-state index is -1.35. The molecule has 0 spiro atoms. The first-order valence-electron chi connectivity index (χ1n) is 12.5. The molecule has 2 aliphatic rings. The number of piperazine rings is 1. The lowest BCUT2D eigenvalue weighted by Crippen LogP contribution is -2.53. The zero-order chi connectivity index (χ0) is 26.2. The van der Waals surface area contributed by atoms with Crippen molar-refractivity contribution in [3.05, 3.63) is 34.7 Å². The molecule has 5 rings (SSSR count). The van der Waals surface area contributed by atoms with Crippen LogP contribution in [0.5, 0.6) is 0 Å². The number of hydrogen-bond donors (Lipinski definition) is 3. The third-order valence-electron chi connectivity index (χ3n) is 6.82. The van der Waals surface area contributed by atoms with E-state index in [-0.39, 0.29) is 5.91 Å². The number of anilines is 2. The van der Waals surface area contributed by atoms with Gasteiger partial charge in [0.2, 0.25) is 0 Å². The highest BCUT2D eigenvalue weighted by Gasteiger charge is 2.31. The number of nitrogens with one attached hydrogen (secondary N) is 1. The molecule has 0 saturated carbocycles. The van der Waals surface area contributed by atoms with E-state index in [1.54, 1.807) is 22.3 Å². The normalized spacial score (nSPS) is 17.4. The maximum atomic E-state index is 12.4. The van der Waals surface area contributed by atoms with E-state index in [0.29, 0.717) is 43.4 Å². The van der Waals surface area contributed by atoms with Gasteiger partial charge in [-0.2, -0.15) is 0 Å². The fraction of sp³-hybridized carbons (Fsp3) is 0.462. The van der Waals surface area contributed by atoms with Crippen LogP contribution in [0.15, 0.2) is 24.3 Å². The maximum Gasteiger partial charge on any atom is 0.254 e. The number of nitrogens with two attached hydrogens (primary N) is 1. The Labute approximate surface area is 220 Å². The van der Waals surface area contributed by atoms with Gasteiger partial charge < -0.3 is 30.8 Å². The van der Waals surface area contributed by atoms with Gasteiger partial charge in [0, 0.05) is 73.7 Å². The van der Waals surface area contributed by atoms with Crippen LogP contribution in [0.1, 0.15) is 24.3 Å². The Morgan fingerprint density at radius 2 is 1.92 bits per heavy atom. The molecule has 1 aromatic carbocycles. The molecule has 4 N–H and O–H groups in total. The summed E-state index contributed by atoms with van der Waals surface area (Å²) in [5.74, 6) is 1.22. The van der Waals surface area contributed by atoms with Crippen molar-refractivity contribution in [1.29, 1.82) is 5.41 Å². The van der Waals surface area contributed by atoms with Gasteiger partial charge in [-0.15, -0.1) is 11.3 Å². The molecule has 0 aliphatic carbocycles. The number of morpholine rings is 1. The van der Waals surface area contributed by atoms with Crippen LogP contribution < -0.4 is 10.6 Å². The van der Waals surface area contributed by atoms with Crippen LogP contribution in [0.2, 0.25) is 0 Å². The largest absolute Gasteiger partial charge is 0.398 e. The number of nitrogen functional groups attached to an aromatic ring is 1. The van der Waals surface area contributed by atoms with E-state index < -0.39 is 5.60 Å². The lowest BCUT2D eigenvalue weighted by Gasteiger charge is -2.36. The molecular formula is C26H33N7O3S.